The Kier molecular flexibility index (Phi) is 3.21. The second-order valence-corrected chi connectivity index (χ2v) is 4.43. The van der Waals surface area contributed by atoms with Crippen molar-refractivity contribution < 1.29 is 10.0 Å². The maximum Gasteiger partial charge on any atom is 0.236 e. The molecule has 0 spiro atoms. The zero-order chi connectivity index (χ0) is 11.6. The molecule has 86 valence electrons. The molecule has 1 aliphatic rings. The van der Waals surface area contributed by atoms with Crippen LogP contribution in [0.1, 0.15) is 33.1 Å². The van der Waals surface area contributed by atoms with Gasteiger partial charge in [-0.05, 0) is 26.7 Å². The molecule has 0 radical (unpaired) electrons. The lowest BCUT2D eigenvalue weighted by Crippen LogP contribution is -2.55. The first-order valence-electron chi connectivity index (χ1n) is 5.21. The maximum absolute atomic E-state index is 12.1. The molecule has 1 amide bonds. The second-order valence-electron chi connectivity index (χ2n) is 4.43. The van der Waals surface area contributed by atoms with Gasteiger partial charge in [-0.3, -0.25) is 4.79 Å². The van der Waals surface area contributed by atoms with Gasteiger partial charge in [0.25, 0.3) is 0 Å². The van der Waals surface area contributed by atoms with Gasteiger partial charge in [0.1, 0.15) is 5.41 Å². The van der Waals surface area contributed by atoms with Crippen LogP contribution in [0.5, 0.6) is 0 Å². The summed E-state index contributed by atoms with van der Waals surface area (Å²) in [7, 11) is 1.75. The molecule has 0 aromatic rings. The van der Waals surface area contributed by atoms with E-state index in [1.54, 1.807) is 11.9 Å². The molecule has 1 aliphatic carbocycles. The number of carbonyl (C=O) groups excluding carboxylic acids is 1. The zero-order valence-corrected chi connectivity index (χ0v) is 9.53. The molecule has 3 N–H and O–H groups in total. The van der Waals surface area contributed by atoms with Crippen molar-refractivity contribution >= 4 is 11.7 Å². The van der Waals surface area contributed by atoms with E-state index in [9.17, 15) is 4.79 Å². The number of amidine groups is 1. The summed E-state index contributed by atoms with van der Waals surface area (Å²) < 4.78 is 0. The quantitative estimate of drug-likeness (QED) is 0.314. The Morgan fingerprint density at radius 1 is 1.53 bits per heavy atom. The summed E-state index contributed by atoms with van der Waals surface area (Å²) in [5.74, 6) is 0.00491. The minimum atomic E-state index is -0.742. The number of hydrogen-bond donors (Lipinski definition) is 2. The Morgan fingerprint density at radius 3 is 2.33 bits per heavy atom. The Labute approximate surface area is 89.9 Å². The van der Waals surface area contributed by atoms with Gasteiger partial charge in [-0.25, -0.2) is 0 Å². The number of nitrogens with two attached hydrogens (primary N) is 1. The maximum atomic E-state index is 12.1. The van der Waals surface area contributed by atoms with Crippen molar-refractivity contribution in [3.63, 3.8) is 0 Å². The molecule has 0 heterocycles. The highest BCUT2D eigenvalue weighted by Gasteiger charge is 2.49. The summed E-state index contributed by atoms with van der Waals surface area (Å²) in [4.78, 5) is 13.8. The van der Waals surface area contributed by atoms with E-state index in [1.807, 2.05) is 13.8 Å². The SMILES string of the molecule is CC(C)N(C)C(=O)C1(C(N)=NO)CCC1. The highest BCUT2D eigenvalue weighted by Crippen LogP contribution is 2.42. The summed E-state index contributed by atoms with van der Waals surface area (Å²) in [6.45, 7) is 3.88. The molecule has 1 fully saturated rings. The average Bonchev–Trinajstić information content (AvgIpc) is 2.14. The normalized spacial score (nSPS) is 19.9. The molecule has 1 rings (SSSR count). The van der Waals surface area contributed by atoms with Crippen LogP contribution >= 0.6 is 0 Å². The van der Waals surface area contributed by atoms with E-state index in [-0.39, 0.29) is 17.8 Å². The fourth-order valence-corrected chi connectivity index (χ4v) is 1.78. The van der Waals surface area contributed by atoms with E-state index < -0.39 is 5.41 Å². The summed E-state index contributed by atoms with van der Waals surface area (Å²) in [6, 6.07) is 0.126. The largest absolute Gasteiger partial charge is 0.409 e. The first-order valence-corrected chi connectivity index (χ1v) is 5.21. The van der Waals surface area contributed by atoms with Gasteiger partial charge in [0.15, 0.2) is 5.84 Å². The van der Waals surface area contributed by atoms with Crippen molar-refractivity contribution in [1.29, 1.82) is 0 Å². The molecule has 0 aliphatic heterocycles. The van der Waals surface area contributed by atoms with Crippen LogP contribution in [-0.2, 0) is 4.79 Å². The summed E-state index contributed by atoms with van der Waals surface area (Å²) in [5.41, 5.74) is 4.86. The van der Waals surface area contributed by atoms with E-state index in [1.165, 1.54) is 0 Å². The lowest BCUT2D eigenvalue weighted by molar-refractivity contribution is -0.142. The number of amides is 1. The molecule has 0 bridgehead atoms. The van der Waals surface area contributed by atoms with E-state index >= 15 is 0 Å². The van der Waals surface area contributed by atoms with Crippen LogP contribution in [0.4, 0.5) is 0 Å². The third-order valence-corrected chi connectivity index (χ3v) is 3.31. The van der Waals surface area contributed by atoms with E-state index in [0.717, 1.165) is 6.42 Å². The van der Waals surface area contributed by atoms with Gasteiger partial charge in [0, 0.05) is 13.1 Å². The standard InChI is InChI=1S/C10H19N3O2/c1-7(2)13(3)9(14)10(5-4-6-10)8(11)12-15/h7,15H,4-6H2,1-3H3,(H2,11,12). The number of hydrogen-bond acceptors (Lipinski definition) is 3. The van der Waals surface area contributed by atoms with E-state index in [4.69, 9.17) is 10.9 Å². The van der Waals surface area contributed by atoms with Gasteiger partial charge in [0.2, 0.25) is 5.91 Å². The van der Waals surface area contributed by atoms with Crippen molar-refractivity contribution in [1.82, 2.24) is 4.90 Å². The molecule has 0 saturated heterocycles. The average molecular weight is 213 g/mol. The highest BCUT2D eigenvalue weighted by molar-refractivity contribution is 6.07. The van der Waals surface area contributed by atoms with E-state index in [2.05, 4.69) is 5.16 Å². The summed E-state index contributed by atoms with van der Waals surface area (Å²) >= 11 is 0. The first-order chi connectivity index (χ1) is 6.95. The van der Waals surface area contributed by atoms with E-state index in [0.29, 0.717) is 12.8 Å². The number of rotatable bonds is 3. The molecule has 5 nitrogen and oxygen atoms in total. The second kappa shape index (κ2) is 4.08. The molecule has 5 heteroatoms. The lowest BCUT2D eigenvalue weighted by Gasteiger charge is -2.42. The van der Waals surface area contributed by atoms with Gasteiger partial charge in [-0.1, -0.05) is 11.6 Å². The Bertz CT molecular complexity index is 282. The predicted octanol–water partition coefficient (Wildman–Crippen LogP) is 0.770. The van der Waals surface area contributed by atoms with Gasteiger partial charge in [-0.15, -0.1) is 0 Å². The number of nitrogens with zero attached hydrogens (tertiary/aromatic N) is 2. The van der Waals surface area contributed by atoms with Crippen LogP contribution in [0, 0.1) is 5.41 Å². The molecule has 15 heavy (non-hydrogen) atoms. The molecule has 0 atom stereocenters. The topological polar surface area (TPSA) is 78.9 Å². The Balaban J connectivity index is 2.88. The first kappa shape index (κ1) is 11.8. The Hall–Kier alpha value is -1.26. The monoisotopic (exact) mass is 213 g/mol. The predicted molar refractivity (Wildman–Crippen MR) is 57.6 cm³/mol. The molecule has 0 unspecified atom stereocenters. The van der Waals surface area contributed by atoms with Crippen LogP contribution in [0.2, 0.25) is 0 Å². The Morgan fingerprint density at radius 2 is 2.07 bits per heavy atom. The molecular formula is C10H19N3O2. The number of oxime groups is 1. The van der Waals surface area contributed by atoms with Gasteiger partial charge >= 0.3 is 0 Å². The van der Waals surface area contributed by atoms with Crippen LogP contribution in [0.3, 0.4) is 0 Å². The molecule has 0 aromatic carbocycles. The van der Waals surface area contributed by atoms with Crippen molar-refractivity contribution in [3.05, 3.63) is 0 Å². The smallest absolute Gasteiger partial charge is 0.236 e. The van der Waals surface area contributed by atoms with Gasteiger partial charge < -0.3 is 15.8 Å². The van der Waals surface area contributed by atoms with Crippen molar-refractivity contribution in [3.8, 4) is 0 Å². The summed E-state index contributed by atoms with van der Waals surface area (Å²) in [6.07, 6.45) is 2.31. The van der Waals surface area contributed by atoms with Crippen LogP contribution < -0.4 is 5.73 Å². The fraction of sp³-hybridized carbons (Fsp3) is 0.800. The van der Waals surface area contributed by atoms with Crippen molar-refractivity contribution in [2.75, 3.05) is 7.05 Å². The molecule has 0 aromatic heterocycles. The zero-order valence-electron chi connectivity index (χ0n) is 9.53. The van der Waals surface area contributed by atoms with Crippen molar-refractivity contribution in [2.45, 2.75) is 39.2 Å². The van der Waals surface area contributed by atoms with Crippen LogP contribution in [-0.4, -0.2) is 34.9 Å². The number of carbonyl (C=O) groups is 1. The minimum absolute atomic E-state index is 0.0425. The van der Waals surface area contributed by atoms with Crippen LogP contribution in [0.15, 0.2) is 5.16 Å². The minimum Gasteiger partial charge on any atom is -0.409 e. The van der Waals surface area contributed by atoms with Gasteiger partial charge in [-0.2, -0.15) is 0 Å². The summed E-state index contributed by atoms with van der Waals surface area (Å²) in [5, 5.41) is 11.7. The van der Waals surface area contributed by atoms with Crippen LogP contribution in [0.25, 0.3) is 0 Å². The lowest BCUT2D eigenvalue weighted by atomic mass is 9.66. The molecule has 1 saturated carbocycles. The third kappa shape index (κ3) is 1.78. The third-order valence-electron chi connectivity index (χ3n) is 3.31. The highest BCUT2D eigenvalue weighted by atomic mass is 16.4. The fourth-order valence-electron chi connectivity index (χ4n) is 1.78. The molecular weight excluding hydrogens is 194 g/mol. The van der Waals surface area contributed by atoms with Gasteiger partial charge in [0.05, 0.1) is 0 Å². The van der Waals surface area contributed by atoms with Crippen molar-refractivity contribution in [2.24, 2.45) is 16.3 Å².